The smallest absolute Gasteiger partial charge is 0.410 e. The Morgan fingerprint density at radius 1 is 1.40 bits per heavy atom. The van der Waals surface area contributed by atoms with E-state index in [0.717, 1.165) is 11.3 Å². The lowest BCUT2D eigenvalue weighted by atomic mass is 10.2. The fraction of sp³-hybridized carbons (Fsp3) is 0. The summed E-state index contributed by atoms with van der Waals surface area (Å²) in [5, 5.41) is 13.7. The molecule has 0 saturated heterocycles. The van der Waals surface area contributed by atoms with Crippen LogP contribution in [0.1, 0.15) is 5.56 Å². The molecule has 76 valence electrons. The quantitative estimate of drug-likeness (QED) is 0.649. The highest BCUT2D eigenvalue weighted by Gasteiger charge is 2.04. The number of amides is 1. The third-order valence-corrected chi connectivity index (χ3v) is 1.90. The van der Waals surface area contributed by atoms with E-state index in [1.165, 1.54) is 6.20 Å². The summed E-state index contributed by atoms with van der Waals surface area (Å²) in [6.45, 7) is 0. The van der Waals surface area contributed by atoms with Gasteiger partial charge in [0.25, 0.3) is 0 Å². The number of carboxylic acid groups (broad SMARTS) is 1. The monoisotopic (exact) mass is 203 g/mol. The number of benzene rings is 1. The molecule has 0 fully saturated rings. The molecule has 5 nitrogen and oxygen atoms in total. The van der Waals surface area contributed by atoms with Crippen LogP contribution in [0.4, 0.5) is 10.5 Å². The first-order valence-corrected chi connectivity index (χ1v) is 4.35. The van der Waals surface area contributed by atoms with Gasteiger partial charge in [0.2, 0.25) is 0 Å². The van der Waals surface area contributed by atoms with Gasteiger partial charge in [0.05, 0.1) is 0 Å². The van der Waals surface area contributed by atoms with E-state index in [1.807, 2.05) is 24.3 Å². The van der Waals surface area contributed by atoms with Crippen molar-refractivity contribution in [1.29, 1.82) is 0 Å². The fourth-order valence-corrected chi connectivity index (χ4v) is 1.24. The third kappa shape index (κ3) is 2.14. The molecule has 2 rings (SSSR count). The molecule has 3 N–H and O–H groups in total. The summed E-state index contributed by atoms with van der Waals surface area (Å²) in [6, 6.07) is 7.57. The van der Waals surface area contributed by atoms with Gasteiger partial charge in [-0.05, 0) is 6.07 Å². The van der Waals surface area contributed by atoms with Crippen LogP contribution in [0.3, 0.4) is 0 Å². The minimum Gasteiger partial charge on any atom is -0.465 e. The average molecular weight is 203 g/mol. The van der Waals surface area contributed by atoms with Gasteiger partial charge in [0, 0.05) is 23.7 Å². The summed E-state index contributed by atoms with van der Waals surface area (Å²) in [5.41, 5.74) is 1.80. The van der Waals surface area contributed by atoms with E-state index in [9.17, 15) is 4.79 Å². The van der Waals surface area contributed by atoms with E-state index in [0.29, 0.717) is 0 Å². The van der Waals surface area contributed by atoms with Crippen LogP contribution in [-0.4, -0.2) is 17.4 Å². The molecule has 1 aliphatic heterocycles. The van der Waals surface area contributed by atoms with Gasteiger partial charge in [0.15, 0.2) is 5.82 Å². The van der Waals surface area contributed by atoms with Crippen molar-refractivity contribution in [3.63, 3.8) is 0 Å². The highest BCUT2D eigenvalue weighted by molar-refractivity contribution is 5.89. The number of rotatable bonds is 1. The lowest BCUT2D eigenvalue weighted by molar-refractivity contribution is 0.197. The third-order valence-electron chi connectivity index (χ3n) is 1.90. The lowest BCUT2D eigenvalue weighted by Gasteiger charge is -2.01. The molecule has 1 aromatic carbocycles. The molecular weight excluding hydrogens is 194 g/mol. The maximum atomic E-state index is 10.4. The first kappa shape index (κ1) is 9.26. The number of anilines is 1. The molecule has 0 aromatic heterocycles. The Labute approximate surface area is 86.1 Å². The van der Waals surface area contributed by atoms with Gasteiger partial charge in [-0.25, -0.2) is 9.79 Å². The lowest BCUT2D eigenvalue weighted by Crippen LogP contribution is -2.19. The highest BCUT2D eigenvalue weighted by atomic mass is 16.4. The van der Waals surface area contributed by atoms with Crippen molar-refractivity contribution in [2.45, 2.75) is 0 Å². The average Bonchev–Trinajstić information content (AvgIpc) is 2.41. The minimum atomic E-state index is -1.13. The van der Waals surface area contributed by atoms with Crippen molar-refractivity contribution in [3.8, 4) is 0 Å². The number of carbonyl (C=O) groups is 1. The van der Waals surface area contributed by atoms with Crippen LogP contribution in [0.25, 0.3) is 0 Å². The van der Waals surface area contributed by atoms with Gasteiger partial charge in [-0.1, -0.05) is 18.2 Å². The first-order valence-electron chi connectivity index (χ1n) is 4.35. The van der Waals surface area contributed by atoms with Crippen LogP contribution < -0.4 is 10.6 Å². The Morgan fingerprint density at radius 3 is 3.00 bits per heavy atom. The predicted octanol–water partition coefficient (Wildman–Crippen LogP) is 1.60. The zero-order valence-corrected chi connectivity index (χ0v) is 7.77. The number of hydrogen-bond donors (Lipinski definition) is 3. The second-order valence-corrected chi connectivity index (χ2v) is 2.95. The van der Waals surface area contributed by atoms with E-state index >= 15 is 0 Å². The van der Waals surface area contributed by atoms with Crippen LogP contribution >= 0.6 is 0 Å². The Balaban J connectivity index is 2.25. The first-order chi connectivity index (χ1) is 7.25. The molecule has 0 spiro atoms. The second-order valence-electron chi connectivity index (χ2n) is 2.95. The molecule has 1 aromatic rings. The minimum absolute atomic E-state index is 0.263. The van der Waals surface area contributed by atoms with Crippen LogP contribution in [-0.2, 0) is 0 Å². The Morgan fingerprint density at radius 2 is 2.20 bits per heavy atom. The highest BCUT2D eigenvalue weighted by Crippen LogP contribution is 2.15. The van der Waals surface area contributed by atoms with E-state index in [2.05, 4.69) is 15.6 Å². The van der Waals surface area contributed by atoms with E-state index in [4.69, 9.17) is 5.11 Å². The van der Waals surface area contributed by atoms with Crippen molar-refractivity contribution in [2.24, 2.45) is 4.99 Å². The summed E-state index contributed by atoms with van der Waals surface area (Å²) in [5.74, 6) is 0.263. The van der Waals surface area contributed by atoms with Gasteiger partial charge < -0.3 is 10.4 Å². The topological polar surface area (TPSA) is 73.7 Å². The van der Waals surface area contributed by atoms with Gasteiger partial charge in [-0.2, -0.15) is 0 Å². The number of para-hydroxylation sites is 1. The van der Waals surface area contributed by atoms with Crippen molar-refractivity contribution >= 4 is 18.0 Å². The molecule has 0 unspecified atom stereocenters. The zero-order valence-electron chi connectivity index (χ0n) is 7.77. The van der Waals surface area contributed by atoms with E-state index < -0.39 is 6.09 Å². The van der Waals surface area contributed by atoms with E-state index in [-0.39, 0.29) is 5.82 Å². The van der Waals surface area contributed by atoms with Crippen LogP contribution in [0.2, 0.25) is 0 Å². The maximum absolute atomic E-state index is 10.4. The molecule has 0 saturated carbocycles. The fourth-order valence-electron chi connectivity index (χ4n) is 1.24. The SMILES string of the molecule is O=C(O)NC1=CNc2ccccc2C=N1. The molecule has 0 atom stereocenters. The Hall–Kier alpha value is -2.30. The Kier molecular flexibility index (Phi) is 2.37. The second kappa shape index (κ2) is 3.83. The number of fused-ring (bicyclic) bond motifs is 1. The van der Waals surface area contributed by atoms with Gasteiger partial charge >= 0.3 is 6.09 Å². The van der Waals surface area contributed by atoms with Crippen molar-refractivity contribution < 1.29 is 9.90 Å². The van der Waals surface area contributed by atoms with Crippen LogP contribution in [0.5, 0.6) is 0 Å². The number of aliphatic imine (C=N–C) groups is 1. The molecule has 0 aliphatic carbocycles. The molecular formula is C10H9N3O2. The van der Waals surface area contributed by atoms with Crippen molar-refractivity contribution in [3.05, 3.63) is 41.8 Å². The van der Waals surface area contributed by atoms with E-state index in [1.54, 1.807) is 6.21 Å². The van der Waals surface area contributed by atoms with Gasteiger partial charge in [-0.15, -0.1) is 0 Å². The predicted molar refractivity (Wildman–Crippen MR) is 56.9 cm³/mol. The van der Waals surface area contributed by atoms with Gasteiger partial charge in [0.1, 0.15) is 0 Å². The molecule has 5 heteroatoms. The number of hydrogen-bond acceptors (Lipinski definition) is 3. The van der Waals surface area contributed by atoms with Crippen LogP contribution in [0.15, 0.2) is 41.3 Å². The molecule has 1 aliphatic rings. The number of nitrogens with zero attached hydrogens (tertiary/aromatic N) is 1. The molecule has 1 heterocycles. The molecule has 1 amide bonds. The zero-order chi connectivity index (χ0) is 10.7. The van der Waals surface area contributed by atoms with Crippen LogP contribution in [0, 0.1) is 0 Å². The summed E-state index contributed by atoms with van der Waals surface area (Å²) >= 11 is 0. The Bertz CT molecular complexity index is 452. The number of nitrogens with one attached hydrogen (secondary N) is 2. The molecule has 0 radical (unpaired) electrons. The summed E-state index contributed by atoms with van der Waals surface area (Å²) in [4.78, 5) is 14.4. The maximum Gasteiger partial charge on any atom is 0.410 e. The molecule has 15 heavy (non-hydrogen) atoms. The summed E-state index contributed by atoms with van der Waals surface area (Å²) < 4.78 is 0. The largest absolute Gasteiger partial charge is 0.465 e. The summed E-state index contributed by atoms with van der Waals surface area (Å²) in [7, 11) is 0. The standard InChI is InChI=1S/C10H9N3O2/c14-10(15)13-9-6-11-8-4-2-1-3-7(8)5-12-9/h1-6,11,13H,(H,14,15). The van der Waals surface area contributed by atoms with Gasteiger partial charge in [-0.3, -0.25) is 5.32 Å². The molecule has 0 bridgehead atoms. The normalized spacial score (nSPS) is 13.2. The summed E-state index contributed by atoms with van der Waals surface area (Å²) in [6.07, 6.45) is 1.99. The van der Waals surface area contributed by atoms with Crippen molar-refractivity contribution in [2.75, 3.05) is 5.32 Å². The van der Waals surface area contributed by atoms with Crippen molar-refractivity contribution in [1.82, 2.24) is 5.32 Å².